The van der Waals surface area contributed by atoms with Gasteiger partial charge in [0.2, 0.25) is 0 Å². The van der Waals surface area contributed by atoms with Crippen molar-refractivity contribution in [2.24, 2.45) is 0 Å². The molecule has 0 bridgehead atoms. The van der Waals surface area contributed by atoms with Gasteiger partial charge < -0.3 is 10.4 Å². The van der Waals surface area contributed by atoms with Crippen LogP contribution in [0, 0.1) is 6.92 Å². The molecular formula is C21H20F3N3O2. The van der Waals surface area contributed by atoms with E-state index in [-0.39, 0.29) is 12.1 Å². The van der Waals surface area contributed by atoms with Crippen LogP contribution >= 0.6 is 0 Å². The van der Waals surface area contributed by atoms with E-state index in [0.29, 0.717) is 22.6 Å². The van der Waals surface area contributed by atoms with Crippen molar-refractivity contribution in [3.05, 3.63) is 59.4 Å². The number of allylic oxidation sites excluding steroid dienone is 1. The van der Waals surface area contributed by atoms with Crippen molar-refractivity contribution in [3.63, 3.8) is 0 Å². The van der Waals surface area contributed by atoms with Crippen molar-refractivity contribution in [2.45, 2.75) is 26.4 Å². The minimum Gasteiger partial charge on any atom is -0.478 e. The Morgan fingerprint density at radius 3 is 2.69 bits per heavy atom. The molecule has 0 radical (unpaired) electrons. The molecule has 0 aliphatic carbocycles. The molecule has 29 heavy (non-hydrogen) atoms. The Morgan fingerprint density at radius 2 is 2.07 bits per heavy atom. The number of nitrogens with one attached hydrogen (secondary N) is 1. The number of hydrogen-bond acceptors (Lipinski definition) is 3. The fourth-order valence-electron chi connectivity index (χ4n) is 3.14. The molecule has 3 aromatic rings. The Morgan fingerprint density at radius 1 is 1.31 bits per heavy atom. The van der Waals surface area contributed by atoms with Gasteiger partial charge in [-0.15, -0.1) is 0 Å². The summed E-state index contributed by atoms with van der Waals surface area (Å²) < 4.78 is 39.3. The average Bonchev–Trinajstić information content (AvgIpc) is 3.04. The lowest BCUT2D eigenvalue weighted by Gasteiger charge is -2.12. The van der Waals surface area contributed by atoms with Crippen LogP contribution in [0.25, 0.3) is 23.0 Å². The Bertz CT molecular complexity index is 1080. The zero-order chi connectivity index (χ0) is 21.2. The van der Waals surface area contributed by atoms with E-state index in [2.05, 4.69) is 10.3 Å². The van der Waals surface area contributed by atoms with Crippen LogP contribution < -0.4 is 5.32 Å². The smallest absolute Gasteiger partial charge is 0.390 e. The number of aryl methyl sites for hydroxylation is 1. The maximum Gasteiger partial charge on any atom is 0.390 e. The highest BCUT2D eigenvalue weighted by molar-refractivity contribution is 5.90. The van der Waals surface area contributed by atoms with Gasteiger partial charge >= 0.3 is 12.1 Å². The number of hydrogen-bond donors (Lipinski definition) is 2. The number of carboxylic acids is 1. The molecule has 0 aliphatic heterocycles. The molecule has 2 N–H and O–H groups in total. The van der Waals surface area contributed by atoms with E-state index < -0.39 is 18.6 Å². The summed E-state index contributed by atoms with van der Waals surface area (Å²) in [6.07, 6.45) is 1.95. The lowest BCUT2D eigenvalue weighted by Crippen LogP contribution is -2.15. The van der Waals surface area contributed by atoms with Gasteiger partial charge in [-0.05, 0) is 43.2 Å². The topological polar surface area (TPSA) is 66.6 Å². The number of carbonyl (C=O) groups is 1. The molecule has 0 amide bonds. The number of nitrogens with zero attached hydrogens (tertiary/aromatic N) is 2. The highest BCUT2D eigenvalue weighted by atomic mass is 19.4. The molecule has 0 spiro atoms. The highest BCUT2D eigenvalue weighted by Gasteiger charge is 2.26. The number of alkyl halides is 3. The summed E-state index contributed by atoms with van der Waals surface area (Å²) in [6, 6.07) is 6.73. The second kappa shape index (κ2) is 7.98. The number of benzene rings is 1. The maximum atomic E-state index is 12.5. The molecule has 0 unspecified atom stereocenters. The van der Waals surface area contributed by atoms with Gasteiger partial charge in [-0.3, -0.25) is 4.40 Å². The van der Waals surface area contributed by atoms with Crippen LogP contribution in [0.5, 0.6) is 0 Å². The third-order valence-corrected chi connectivity index (χ3v) is 4.46. The summed E-state index contributed by atoms with van der Waals surface area (Å²) in [5, 5.41) is 12.0. The van der Waals surface area contributed by atoms with Crippen LogP contribution in [0.2, 0.25) is 0 Å². The molecule has 152 valence electrons. The lowest BCUT2D eigenvalue weighted by molar-refractivity contribution is -0.131. The number of aromatic nitrogens is 2. The molecule has 0 saturated heterocycles. The van der Waals surface area contributed by atoms with E-state index in [0.717, 1.165) is 11.1 Å². The van der Waals surface area contributed by atoms with Gasteiger partial charge in [0.15, 0.2) is 5.65 Å². The van der Waals surface area contributed by atoms with Gasteiger partial charge in [-0.1, -0.05) is 18.2 Å². The van der Waals surface area contributed by atoms with E-state index in [9.17, 15) is 23.1 Å². The van der Waals surface area contributed by atoms with Crippen LogP contribution in [-0.4, -0.2) is 33.2 Å². The quantitative estimate of drug-likeness (QED) is 0.578. The van der Waals surface area contributed by atoms with Gasteiger partial charge in [0, 0.05) is 18.3 Å². The number of aromatic carboxylic acids is 1. The lowest BCUT2D eigenvalue weighted by atomic mass is 10.0. The fraction of sp³-hybridized carbons (Fsp3) is 0.238. The van der Waals surface area contributed by atoms with Gasteiger partial charge in [-0.2, -0.15) is 13.2 Å². The molecular weight excluding hydrogens is 383 g/mol. The van der Waals surface area contributed by atoms with Gasteiger partial charge in [0.25, 0.3) is 0 Å². The van der Waals surface area contributed by atoms with Crippen LogP contribution in [0.4, 0.5) is 18.9 Å². The molecule has 0 saturated carbocycles. The number of rotatable bonds is 6. The van der Waals surface area contributed by atoms with Crippen LogP contribution in [-0.2, 0) is 0 Å². The molecule has 0 atom stereocenters. The van der Waals surface area contributed by atoms with Crippen LogP contribution in [0.15, 0.2) is 42.7 Å². The predicted molar refractivity (Wildman–Crippen MR) is 106 cm³/mol. The van der Waals surface area contributed by atoms with Crippen LogP contribution in [0.1, 0.15) is 34.8 Å². The highest BCUT2D eigenvalue weighted by Crippen LogP contribution is 2.28. The van der Waals surface area contributed by atoms with Crippen molar-refractivity contribution < 1.29 is 23.1 Å². The Kier molecular flexibility index (Phi) is 5.63. The first-order valence-electron chi connectivity index (χ1n) is 8.98. The van der Waals surface area contributed by atoms with E-state index in [1.165, 1.54) is 6.07 Å². The normalized spacial score (nSPS) is 12.0. The maximum absolute atomic E-state index is 12.5. The van der Waals surface area contributed by atoms with Crippen LogP contribution in [0.3, 0.4) is 0 Å². The number of anilines is 1. The summed E-state index contributed by atoms with van der Waals surface area (Å²) in [7, 11) is 0. The molecule has 1 aromatic carbocycles. The molecule has 3 rings (SSSR count). The molecule has 2 heterocycles. The third kappa shape index (κ3) is 4.59. The van der Waals surface area contributed by atoms with Crippen molar-refractivity contribution in [3.8, 4) is 11.3 Å². The van der Waals surface area contributed by atoms with Crippen molar-refractivity contribution in [1.29, 1.82) is 0 Å². The Labute approximate surface area is 165 Å². The standard InChI is InChI=1S/C21H20F3N3O2/c1-3-4-14-10-17(25-8-7-21(22,23)24)19-26-11-18(27(19)12-14)15-5-6-16(20(28)29)13(2)9-15/h3-6,9-12,25H,7-8H2,1-2H3,(H,28,29)/b4-3+. The second-order valence-electron chi connectivity index (χ2n) is 6.65. The minimum absolute atomic E-state index is 0.215. The molecule has 8 heteroatoms. The first kappa shape index (κ1) is 20.4. The minimum atomic E-state index is -4.24. The molecule has 5 nitrogen and oxygen atoms in total. The SMILES string of the molecule is C/C=C/c1cc(NCCC(F)(F)F)c2ncc(-c3ccc(C(=O)O)c(C)c3)n2c1. The van der Waals surface area contributed by atoms with Crippen molar-refractivity contribution in [2.75, 3.05) is 11.9 Å². The average molecular weight is 403 g/mol. The second-order valence-corrected chi connectivity index (χ2v) is 6.65. The fourth-order valence-corrected chi connectivity index (χ4v) is 3.14. The summed E-state index contributed by atoms with van der Waals surface area (Å²) in [5.74, 6) is -1.00. The Hall–Kier alpha value is -3.29. The van der Waals surface area contributed by atoms with E-state index in [4.69, 9.17) is 0 Å². The van der Waals surface area contributed by atoms with Gasteiger partial charge in [-0.25, -0.2) is 9.78 Å². The summed E-state index contributed by atoms with van der Waals surface area (Å²) in [6.45, 7) is 3.31. The zero-order valence-electron chi connectivity index (χ0n) is 15.9. The monoisotopic (exact) mass is 403 g/mol. The molecule has 0 aliphatic rings. The third-order valence-electron chi connectivity index (χ3n) is 4.46. The Balaban J connectivity index is 2.06. The summed E-state index contributed by atoms with van der Waals surface area (Å²) in [5.41, 5.74) is 4.09. The molecule has 2 aromatic heterocycles. The van der Waals surface area contributed by atoms with Crippen molar-refractivity contribution >= 4 is 23.4 Å². The largest absolute Gasteiger partial charge is 0.478 e. The number of pyridine rings is 1. The first-order valence-corrected chi connectivity index (χ1v) is 8.98. The number of carboxylic acid groups (broad SMARTS) is 1. The number of halogens is 3. The predicted octanol–water partition coefficient (Wildman–Crippen LogP) is 5.41. The van der Waals surface area contributed by atoms with E-state index in [1.54, 1.807) is 35.7 Å². The zero-order valence-corrected chi connectivity index (χ0v) is 15.9. The molecule has 0 fully saturated rings. The first-order chi connectivity index (χ1) is 13.7. The number of fused-ring (bicyclic) bond motifs is 1. The number of imidazole rings is 1. The summed E-state index contributed by atoms with van der Waals surface area (Å²) >= 11 is 0. The summed E-state index contributed by atoms with van der Waals surface area (Å²) in [4.78, 5) is 15.6. The van der Waals surface area contributed by atoms with Gasteiger partial charge in [0.1, 0.15) is 0 Å². The van der Waals surface area contributed by atoms with E-state index >= 15 is 0 Å². The van der Waals surface area contributed by atoms with Gasteiger partial charge in [0.05, 0.1) is 29.6 Å². The van der Waals surface area contributed by atoms with E-state index in [1.807, 2.05) is 25.3 Å². The van der Waals surface area contributed by atoms with Crippen molar-refractivity contribution in [1.82, 2.24) is 9.38 Å².